The van der Waals surface area contributed by atoms with Gasteiger partial charge in [-0.15, -0.1) is 0 Å². The summed E-state index contributed by atoms with van der Waals surface area (Å²) in [5, 5.41) is 13.8. The number of ether oxygens (including phenoxy) is 1. The van der Waals surface area contributed by atoms with Crippen LogP contribution in [0.5, 0.6) is 0 Å². The standard InChI is InChI=1S/C17H30N4O2/c1-11-15(12(2)21-20-11)19-14-9-7-6-8-13(14)10-18-16(22)23-17(3,4)5/h13-14,19H,6-10H2,1-5H3,(H,18,22)(H,20,21). The Kier molecular flexibility index (Phi) is 5.55. The smallest absolute Gasteiger partial charge is 0.407 e. The number of nitrogens with one attached hydrogen (secondary N) is 3. The van der Waals surface area contributed by atoms with Crippen LogP contribution < -0.4 is 10.6 Å². The van der Waals surface area contributed by atoms with E-state index < -0.39 is 5.60 Å². The lowest BCUT2D eigenvalue weighted by Gasteiger charge is -2.33. The average Bonchev–Trinajstić information content (AvgIpc) is 2.76. The molecule has 2 rings (SSSR count). The number of hydrogen-bond donors (Lipinski definition) is 3. The second kappa shape index (κ2) is 7.23. The number of rotatable bonds is 4. The zero-order valence-corrected chi connectivity index (χ0v) is 15.0. The third kappa shape index (κ3) is 5.15. The minimum absolute atomic E-state index is 0.336. The van der Waals surface area contributed by atoms with E-state index in [-0.39, 0.29) is 6.09 Å². The zero-order chi connectivity index (χ0) is 17.0. The maximum absolute atomic E-state index is 11.9. The minimum atomic E-state index is -0.459. The Morgan fingerprint density at radius 1 is 1.30 bits per heavy atom. The fourth-order valence-corrected chi connectivity index (χ4v) is 3.12. The third-order valence-corrected chi connectivity index (χ3v) is 4.27. The fourth-order valence-electron chi connectivity index (χ4n) is 3.12. The number of hydrogen-bond acceptors (Lipinski definition) is 4. The van der Waals surface area contributed by atoms with Crippen LogP contribution in [-0.2, 0) is 4.74 Å². The van der Waals surface area contributed by atoms with Gasteiger partial charge in [0.25, 0.3) is 0 Å². The second-order valence-electron chi connectivity index (χ2n) is 7.49. The highest BCUT2D eigenvalue weighted by Crippen LogP contribution is 2.28. The maximum Gasteiger partial charge on any atom is 0.407 e. The molecule has 1 aromatic heterocycles. The Bertz CT molecular complexity index is 514. The first-order valence-corrected chi connectivity index (χ1v) is 8.51. The second-order valence-corrected chi connectivity index (χ2v) is 7.49. The predicted octanol–water partition coefficient (Wildman–Crippen LogP) is 3.52. The summed E-state index contributed by atoms with van der Waals surface area (Å²) in [7, 11) is 0. The van der Waals surface area contributed by atoms with Gasteiger partial charge in [0.15, 0.2) is 0 Å². The molecule has 1 amide bonds. The topological polar surface area (TPSA) is 79.0 Å². The van der Waals surface area contributed by atoms with E-state index in [0.29, 0.717) is 18.5 Å². The number of carbonyl (C=O) groups excluding carboxylic acids is 1. The highest BCUT2D eigenvalue weighted by molar-refractivity contribution is 5.67. The molecule has 0 aliphatic heterocycles. The van der Waals surface area contributed by atoms with Crippen LogP contribution in [0.2, 0.25) is 0 Å². The maximum atomic E-state index is 11.9. The lowest BCUT2D eigenvalue weighted by atomic mass is 9.84. The van der Waals surface area contributed by atoms with Crippen LogP contribution in [0.25, 0.3) is 0 Å². The van der Waals surface area contributed by atoms with E-state index in [1.54, 1.807) is 0 Å². The lowest BCUT2D eigenvalue weighted by Crippen LogP contribution is -2.42. The molecular formula is C17H30N4O2. The Balaban J connectivity index is 1.92. The van der Waals surface area contributed by atoms with Crippen molar-refractivity contribution >= 4 is 11.8 Å². The first-order chi connectivity index (χ1) is 10.8. The minimum Gasteiger partial charge on any atom is -0.444 e. The summed E-state index contributed by atoms with van der Waals surface area (Å²) in [6.07, 6.45) is 4.32. The largest absolute Gasteiger partial charge is 0.444 e. The number of H-pyrrole nitrogens is 1. The van der Waals surface area contributed by atoms with Gasteiger partial charge in [-0.25, -0.2) is 4.79 Å². The van der Waals surface area contributed by atoms with Gasteiger partial charge < -0.3 is 15.4 Å². The van der Waals surface area contributed by atoms with Crippen molar-refractivity contribution in [2.45, 2.75) is 71.9 Å². The molecule has 0 spiro atoms. The van der Waals surface area contributed by atoms with Gasteiger partial charge in [-0.3, -0.25) is 5.10 Å². The van der Waals surface area contributed by atoms with Gasteiger partial charge in [-0.2, -0.15) is 5.10 Å². The molecular weight excluding hydrogens is 292 g/mol. The van der Waals surface area contributed by atoms with Crippen molar-refractivity contribution in [3.05, 3.63) is 11.4 Å². The van der Waals surface area contributed by atoms with Crippen LogP contribution in [0.3, 0.4) is 0 Å². The van der Waals surface area contributed by atoms with Crippen molar-refractivity contribution in [1.29, 1.82) is 0 Å². The Hall–Kier alpha value is -1.72. The summed E-state index contributed by atoms with van der Waals surface area (Å²) >= 11 is 0. The molecule has 1 aliphatic rings. The molecule has 23 heavy (non-hydrogen) atoms. The van der Waals surface area contributed by atoms with Gasteiger partial charge in [-0.1, -0.05) is 12.8 Å². The molecule has 1 saturated carbocycles. The van der Waals surface area contributed by atoms with E-state index >= 15 is 0 Å². The van der Waals surface area contributed by atoms with Gasteiger partial charge >= 0.3 is 6.09 Å². The quantitative estimate of drug-likeness (QED) is 0.792. The molecule has 2 unspecified atom stereocenters. The van der Waals surface area contributed by atoms with Gasteiger partial charge in [-0.05, 0) is 53.4 Å². The van der Waals surface area contributed by atoms with Crippen molar-refractivity contribution in [1.82, 2.24) is 15.5 Å². The molecule has 0 aromatic carbocycles. The zero-order valence-electron chi connectivity index (χ0n) is 15.0. The average molecular weight is 322 g/mol. The van der Waals surface area contributed by atoms with Gasteiger partial charge in [0.05, 0.1) is 17.1 Å². The van der Waals surface area contributed by atoms with Gasteiger partial charge in [0, 0.05) is 12.6 Å². The SMILES string of the molecule is Cc1n[nH]c(C)c1NC1CCCCC1CNC(=O)OC(C)(C)C. The van der Waals surface area contributed by atoms with Crippen molar-refractivity contribution in [3.8, 4) is 0 Å². The molecule has 0 radical (unpaired) electrons. The molecule has 1 aromatic rings. The number of aryl methyl sites for hydroxylation is 2. The molecule has 1 aliphatic carbocycles. The number of aromatic nitrogens is 2. The van der Waals surface area contributed by atoms with E-state index in [1.807, 2.05) is 34.6 Å². The van der Waals surface area contributed by atoms with Crippen molar-refractivity contribution < 1.29 is 9.53 Å². The highest BCUT2D eigenvalue weighted by Gasteiger charge is 2.27. The van der Waals surface area contributed by atoms with E-state index in [2.05, 4.69) is 20.8 Å². The number of aromatic amines is 1. The van der Waals surface area contributed by atoms with Crippen LogP contribution in [0.4, 0.5) is 10.5 Å². The Morgan fingerprint density at radius 2 is 2.00 bits per heavy atom. The normalized spacial score (nSPS) is 21.8. The van der Waals surface area contributed by atoms with Crippen LogP contribution in [-0.4, -0.2) is 34.5 Å². The molecule has 1 heterocycles. The number of amides is 1. The summed E-state index contributed by atoms with van der Waals surface area (Å²) in [5.74, 6) is 0.407. The monoisotopic (exact) mass is 322 g/mol. The molecule has 2 atom stereocenters. The van der Waals surface area contributed by atoms with Crippen molar-refractivity contribution in [3.63, 3.8) is 0 Å². The summed E-state index contributed by atoms with van der Waals surface area (Å²) in [4.78, 5) is 11.9. The van der Waals surface area contributed by atoms with Crippen LogP contribution >= 0.6 is 0 Å². The molecule has 1 fully saturated rings. The van der Waals surface area contributed by atoms with E-state index in [1.165, 1.54) is 12.8 Å². The van der Waals surface area contributed by atoms with E-state index in [0.717, 1.165) is 29.9 Å². The highest BCUT2D eigenvalue weighted by atomic mass is 16.6. The third-order valence-electron chi connectivity index (χ3n) is 4.27. The van der Waals surface area contributed by atoms with Crippen LogP contribution in [0.1, 0.15) is 57.8 Å². The number of carbonyl (C=O) groups is 1. The first kappa shape index (κ1) is 17.6. The molecule has 130 valence electrons. The Labute approximate surface area is 138 Å². The molecule has 6 heteroatoms. The lowest BCUT2D eigenvalue weighted by molar-refractivity contribution is 0.0514. The summed E-state index contributed by atoms with van der Waals surface area (Å²) in [6, 6.07) is 0.355. The molecule has 0 saturated heterocycles. The van der Waals surface area contributed by atoms with E-state index in [4.69, 9.17) is 4.74 Å². The summed E-state index contributed by atoms with van der Waals surface area (Å²) < 4.78 is 5.32. The van der Waals surface area contributed by atoms with Gasteiger partial charge in [0.1, 0.15) is 5.60 Å². The molecule has 6 nitrogen and oxygen atoms in total. The van der Waals surface area contributed by atoms with Gasteiger partial charge in [0.2, 0.25) is 0 Å². The van der Waals surface area contributed by atoms with Crippen molar-refractivity contribution in [2.24, 2.45) is 5.92 Å². The van der Waals surface area contributed by atoms with Crippen molar-refractivity contribution in [2.75, 3.05) is 11.9 Å². The predicted molar refractivity (Wildman–Crippen MR) is 91.7 cm³/mol. The first-order valence-electron chi connectivity index (χ1n) is 8.51. The summed E-state index contributed by atoms with van der Waals surface area (Å²) in [5.41, 5.74) is 2.69. The van der Waals surface area contributed by atoms with Crippen LogP contribution in [0, 0.1) is 19.8 Å². The van der Waals surface area contributed by atoms with Crippen LogP contribution in [0.15, 0.2) is 0 Å². The fraction of sp³-hybridized carbons (Fsp3) is 0.765. The number of nitrogens with zero attached hydrogens (tertiary/aromatic N) is 1. The molecule has 3 N–H and O–H groups in total. The van der Waals surface area contributed by atoms with E-state index in [9.17, 15) is 4.79 Å². The molecule has 0 bridgehead atoms. The Morgan fingerprint density at radius 3 is 2.61 bits per heavy atom. The number of anilines is 1. The summed E-state index contributed by atoms with van der Waals surface area (Å²) in [6.45, 7) is 10.3. The number of alkyl carbamates (subject to hydrolysis) is 1.